The van der Waals surface area contributed by atoms with E-state index in [1.165, 1.54) is 0 Å². The Balaban J connectivity index is 2.98. The van der Waals surface area contributed by atoms with Gasteiger partial charge in [-0.25, -0.2) is 6.57 Å². The summed E-state index contributed by atoms with van der Waals surface area (Å²) >= 11 is 11.4. The van der Waals surface area contributed by atoms with Crippen LogP contribution >= 0.6 is 23.2 Å². The zero-order valence-electron chi connectivity index (χ0n) is 5.64. The van der Waals surface area contributed by atoms with Crippen molar-refractivity contribution < 1.29 is 0 Å². The molecular weight excluding hydrogens is 181 g/mol. The highest BCUT2D eigenvalue weighted by molar-refractivity contribution is 6.42. The van der Waals surface area contributed by atoms with Crippen molar-refractivity contribution in [2.75, 3.05) is 0 Å². The van der Waals surface area contributed by atoms with E-state index in [0.29, 0.717) is 16.6 Å². The molecule has 0 aliphatic carbocycles. The molecule has 0 aliphatic rings. The molecule has 0 bridgehead atoms. The molecule has 0 saturated heterocycles. The smallest absolute Gasteiger partial charge is 0.239 e. The predicted octanol–water partition coefficient (Wildman–Crippen LogP) is 3.41. The average molecular weight is 186 g/mol. The van der Waals surface area contributed by atoms with Gasteiger partial charge >= 0.3 is 0 Å². The van der Waals surface area contributed by atoms with Crippen LogP contribution in [0.15, 0.2) is 18.2 Å². The lowest BCUT2D eigenvalue weighted by molar-refractivity contribution is 1.27. The molecule has 11 heavy (non-hydrogen) atoms. The van der Waals surface area contributed by atoms with Gasteiger partial charge in [0.15, 0.2) is 0 Å². The second kappa shape index (κ2) is 3.61. The van der Waals surface area contributed by atoms with Gasteiger partial charge < -0.3 is 4.85 Å². The molecule has 0 saturated carbocycles. The molecule has 0 spiro atoms. The summed E-state index contributed by atoms with van der Waals surface area (Å²) in [5.41, 5.74) is 0.898. The van der Waals surface area contributed by atoms with Gasteiger partial charge in [0.1, 0.15) is 0 Å². The summed E-state index contributed by atoms with van der Waals surface area (Å²) < 4.78 is 0. The molecule has 0 atom stereocenters. The Labute approximate surface area is 75.4 Å². The first kappa shape index (κ1) is 8.39. The molecular formula is C8H5Cl2N. The summed E-state index contributed by atoms with van der Waals surface area (Å²) in [5.74, 6) is 0. The number of nitrogens with zero attached hydrogens (tertiary/aromatic N) is 1. The van der Waals surface area contributed by atoms with Crippen molar-refractivity contribution in [1.29, 1.82) is 0 Å². The van der Waals surface area contributed by atoms with Gasteiger partial charge in [-0.2, -0.15) is 0 Å². The Bertz CT molecular complexity index is 301. The van der Waals surface area contributed by atoms with E-state index in [1.807, 2.05) is 0 Å². The lowest BCUT2D eigenvalue weighted by atomic mass is 10.2. The Morgan fingerprint density at radius 2 is 2.00 bits per heavy atom. The van der Waals surface area contributed by atoms with E-state index < -0.39 is 0 Å². The molecule has 0 fully saturated rings. The standard InChI is InChI=1S/C8H5Cl2N/c1-11-5-6-2-3-7(9)8(10)4-6/h2-4H,5H2. The summed E-state index contributed by atoms with van der Waals surface area (Å²) in [4.78, 5) is 3.22. The van der Waals surface area contributed by atoms with Crippen LogP contribution in [-0.4, -0.2) is 0 Å². The lowest BCUT2D eigenvalue weighted by Gasteiger charge is -1.95. The third kappa shape index (κ3) is 2.11. The molecule has 0 unspecified atom stereocenters. The zero-order chi connectivity index (χ0) is 8.27. The molecule has 1 rings (SSSR count). The quantitative estimate of drug-likeness (QED) is 0.592. The number of hydrogen-bond acceptors (Lipinski definition) is 0. The fourth-order valence-corrected chi connectivity index (χ4v) is 1.05. The van der Waals surface area contributed by atoms with Gasteiger partial charge in [0.2, 0.25) is 6.54 Å². The Morgan fingerprint density at radius 3 is 2.55 bits per heavy atom. The molecule has 0 aliphatic heterocycles. The summed E-state index contributed by atoms with van der Waals surface area (Å²) in [5, 5.41) is 1.04. The normalized spacial score (nSPS) is 9.18. The van der Waals surface area contributed by atoms with Crippen LogP contribution in [0.4, 0.5) is 0 Å². The molecule has 1 aromatic rings. The SMILES string of the molecule is [C-]#[N+]Cc1ccc(Cl)c(Cl)c1. The third-order valence-electron chi connectivity index (χ3n) is 1.25. The van der Waals surface area contributed by atoms with E-state index in [4.69, 9.17) is 29.8 Å². The summed E-state index contributed by atoms with van der Waals surface area (Å²) in [7, 11) is 0. The molecule has 0 aromatic heterocycles. The van der Waals surface area contributed by atoms with Gasteiger partial charge in [-0.1, -0.05) is 29.3 Å². The molecule has 0 heterocycles. The highest BCUT2D eigenvalue weighted by atomic mass is 35.5. The van der Waals surface area contributed by atoms with Crippen molar-refractivity contribution in [3.05, 3.63) is 45.2 Å². The monoisotopic (exact) mass is 185 g/mol. The Kier molecular flexibility index (Phi) is 2.76. The van der Waals surface area contributed by atoms with Crippen molar-refractivity contribution in [2.24, 2.45) is 0 Å². The zero-order valence-corrected chi connectivity index (χ0v) is 7.15. The number of benzene rings is 1. The summed E-state index contributed by atoms with van der Waals surface area (Å²) in [6.45, 7) is 6.97. The van der Waals surface area contributed by atoms with Crippen LogP contribution in [0.3, 0.4) is 0 Å². The minimum absolute atomic E-state index is 0.358. The van der Waals surface area contributed by atoms with Crippen LogP contribution < -0.4 is 0 Å². The lowest BCUT2D eigenvalue weighted by Crippen LogP contribution is -1.78. The molecule has 1 nitrogen and oxygen atoms in total. The van der Waals surface area contributed by atoms with Crippen LogP contribution in [0.2, 0.25) is 10.0 Å². The molecule has 0 amide bonds. The summed E-state index contributed by atoms with van der Waals surface area (Å²) in [6.07, 6.45) is 0. The fourth-order valence-electron chi connectivity index (χ4n) is 0.729. The number of hydrogen-bond donors (Lipinski definition) is 0. The van der Waals surface area contributed by atoms with Gasteiger partial charge in [0.05, 0.1) is 10.0 Å². The van der Waals surface area contributed by atoms with Crippen LogP contribution in [0, 0.1) is 6.57 Å². The first-order valence-corrected chi connectivity index (χ1v) is 3.77. The van der Waals surface area contributed by atoms with Crippen molar-refractivity contribution in [3.8, 4) is 0 Å². The number of halogens is 2. The van der Waals surface area contributed by atoms with Crippen molar-refractivity contribution in [2.45, 2.75) is 6.54 Å². The highest BCUT2D eigenvalue weighted by Crippen LogP contribution is 2.22. The molecule has 0 N–H and O–H groups in total. The van der Waals surface area contributed by atoms with Crippen LogP contribution in [0.1, 0.15) is 5.56 Å². The minimum atomic E-state index is 0.358. The van der Waals surface area contributed by atoms with E-state index in [2.05, 4.69) is 4.85 Å². The van der Waals surface area contributed by atoms with E-state index in [1.54, 1.807) is 18.2 Å². The minimum Gasteiger partial charge on any atom is -0.312 e. The van der Waals surface area contributed by atoms with Crippen LogP contribution in [0.25, 0.3) is 4.85 Å². The van der Waals surface area contributed by atoms with Crippen LogP contribution in [0.5, 0.6) is 0 Å². The largest absolute Gasteiger partial charge is 0.312 e. The van der Waals surface area contributed by atoms with Crippen LogP contribution in [-0.2, 0) is 6.54 Å². The van der Waals surface area contributed by atoms with Gasteiger partial charge in [-0.3, -0.25) is 0 Å². The second-order valence-electron chi connectivity index (χ2n) is 2.06. The molecule has 56 valence electrons. The van der Waals surface area contributed by atoms with E-state index >= 15 is 0 Å². The summed E-state index contributed by atoms with van der Waals surface area (Å²) in [6, 6.07) is 5.21. The Hall–Kier alpha value is -0.710. The van der Waals surface area contributed by atoms with Gasteiger partial charge in [-0.05, 0) is 12.1 Å². The van der Waals surface area contributed by atoms with Gasteiger partial charge in [-0.15, -0.1) is 0 Å². The van der Waals surface area contributed by atoms with Crippen molar-refractivity contribution >= 4 is 23.2 Å². The first-order valence-electron chi connectivity index (χ1n) is 3.01. The maximum Gasteiger partial charge on any atom is 0.239 e. The van der Waals surface area contributed by atoms with Crippen molar-refractivity contribution in [3.63, 3.8) is 0 Å². The van der Waals surface area contributed by atoms with E-state index in [-0.39, 0.29) is 0 Å². The Morgan fingerprint density at radius 1 is 1.27 bits per heavy atom. The highest BCUT2D eigenvalue weighted by Gasteiger charge is 1.99. The molecule has 0 radical (unpaired) electrons. The van der Waals surface area contributed by atoms with Gasteiger partial charge in [0.25, 0.3) is 0 Å². The van der Waals surface area contributed by atoms with Crippen molar-refractivity contribution in [1.82, 2.24) is 0 Å². The van der Waals surface area contributed by atoms with Gasteiger partial charge in [0, 0.05) is 5.56 Å². The molecule has 1 aromatic carbocycles. The molecule has 3 heteroatoms. The topological polar surface area (TPSA) is 4.36 Å². The predicted molar refractivity (Wildman–Crippen MR) is 46.8 cm³/mol. The second-order valence-corrected chi connectivity index (χ2v) is 2.88. The first-order chi connectivity index (χ1) is 5.24. The third-order valence-corrected chi connectivity index (χ3v) is 1.98. The maximum atomic E-state index is 6.61. The van der Waals surface area contributed by atoms with E-state index in [0.717, 1.165) is 5.56 Å². The fraction of sp³-hybridized carbons (Fsp3) is 0.125. The maximum absolute atomic E-state index is 6.61. The average Bonchev–Trinajstić information content (AvgIpc) is 1.98. The van der Waals surface area contributed by atoms with E-state index in [9.17, 15) is 0 Å². The number of rotatable bonds is 1.